The van der Waals surface area contributed by atoms with Crippen molar-refractivity contribution in [3.63, 3.8) is 0 Å². The molecule has 1 aliphatic carbocycles. The molecule has 0 amide bonds. The van der Waals surface area contributed by atoms with E-state index in [0.717, 1.165) is 96.3 Å². The van der Waals surface area contributed by atoms with Crippen molar-refractivity contribution in [2.75, 3.05) is 5.32 Å². The lowest BCUT2D eigenvalue weighted by molar-refractivity contribution is 0.332. The molecule has 1 aliphatic heterocycles. The van der Waals surface area contributed by atoms with Gasteiger partial charge in [0.25, 0.3) is 0 Å². The number of hydrogen-bond donors (Lipinski definition) is 1. The number of furan rings is 2. The number of nitrogens with zero attached hydrogens (tertiary/aromatic N) is 1. The van der Waals surface area contributed by atoms with Gasteiger partial charge in [0.15, 0.2) is 7.28 Å². The van der Waals surface area contributed by atoms with Gasteiger partial charge >= 0.3 is 0 Å². The van der Waals surface area contributed by atoms with E-state index in [1.807, 2.05) is 11.3 Å². The van der Waals surface area contributed by atoms with Crippen LogP contribution in [0.3, 0.4) is 0 Å². The molecule has 0 saturated carbocycles. The van der Waals surface area contributed by atoms with Crippen molar-refractivity contribution >= 4 is 116 Å². The van der Waals surface area contributed by atoms with Gasteiger partial charge in [-0.2, -0.15) is 0 Å². The lowest BCUT2D eigenvalue weighted by atomic mass is 9.58. The minimum Gasteiger partial charge on any atom is -0.456 e. The highest BCUT2D eigenvalue weighted by Gasteiger charge is 2.40. The fraction of sp³-hybridized carbons (Fsp3) is 0.176. The van der Waals surface area contributed by atoms with Crippen LogP contribution in [-0.4, -0.2) is 11.8 Å². The third kappa shape index (κ3) is 6.34. The summed E-state index contributed by atoms with van der Waals surface area (Å²) >= 11 is 1.93. The normalized spacial score (nSPS) is 14.9. The third-order valence-corrected chi connectivity index (χ3v) is 18.0. The van der Waals surface area contributed by atoms with Gasteiger partial charge in [0.05, 0.1) is 16.7 Å². The monoisotopic (exact) mass is 973 g/mol. The Bertz CT molecular complexity index is 4500. The van der Waals surface area contributed by atoms with Crippen molar-refractivity contribution in [2.24, 2.45) is 0 Å². The van der Waals surface area contributed by atoms with Gasteiger partial charge in [-0.3, -0.25) is 0 Å². The second-order valence-corrected chi connectivity index (χ2v) is 24.4. The molecule has 15 rings (SSSR count). The first-order chi connectivity index (χ1) is 35.8. The summed E-state index contributed by atoms with van der Waals surface area (Å²) in [5, 5.41) is 12.5. The Morgan fingerprint density at radius 3 is 1.97 bits per heavy atom. The molecule has 1 N–H and O–H groups in total. The van der Waals surface area contributed by atoms with Crippen LogP contribution in [0.15, 0.2) is 179 Å². The molecule has 5 heterocycles. The Kier molecular flexibility index (Phi) is 9.09. The second-order valence-electron chi connectivity index (χ2n) is 23.4. The van der Waals surface area contributed by atoms with Crippen LogP contribution in [0.4, 0.5) is 11.4 Å². The van der Waals surface area contributed by atoms with E-state index in [1.165, 1.54) is 69.7 Å². The highest BCUT2D eigenvalue weighted by atomic mass is 32.1. The Balaban J connectivity index is 1.11. The highest BCUT2D eigenvalue weighted by molar-refractivity contribution is 7.27. The molecule has 0 bridgehead atoms. The van der Waals surface area contributed by atoms with Crippen LogP contribution in [0.1, 0.15) is 78.0 Å². The maximum Gasteiger partial charge on any atom is 0.198 e. The van der Waals surface area contributed by atoms with E-state index in [-0.39, 0.29) is 16.2 Å². The largest absolute Gasteiger partial charge is 0.456 e. The number of aromatic nitrogens is 1. The molecular formula is C68H54BN2O2S. The number of fused-ring (bicyclic) bond motifs is 14. The van der Waals surface area contributed by atoms with Crippen LogP contribution in [0, 0.1) is 0 Å². The fourth-order valence-electron chi connectivity index (χ4n) is 12.8. The number of nitrogens with one attached hydrogen (secondary N) is 1. The summed E-state index contributed by atoms with van der Waals surface area (Å²) in [6, 6.07) is 62.5. The number of benzene rings is 9. The minimum atomic E-state index is 0.00827. The molecule has 13 aromatic rings. The van der Waals surface area contributed by atoms with Crippen LogP contribution in [0.25, 0.3) is 114 Å². The predicted molar refractivity (Wildman–Crippen MR) is 316 cm³/mol. The highest BCUT2D eigenvalue weighted by Crippen LogP contribution is 2.54. The topological polar surface area (TPSA) is 43.2 Å². The minimum absolute atomic E-state index is 0.00827. The van der Waals surface area contributed by atoms with Crippen molar-refractivity contribution in [3.8, 4) is 39.3 Å². The van der Waals surface area contributed by atoms with Gasteiger partial charge < -0.3 is 18.7 Å². The number of para-hydroxylation sites is 1. The maximum absolute atomic E-state index is 7.14. The van der Waals surface area contributed by atoms with Gasteiger partial charge in [0.2, 0.25) is 0 Å². The average Bonchev–Trinajstić information content (AvgIpc) is 4.32. The third-order valence-electron chi connectivity index (χ3n) is 16.8. The molecule has 357 valence electrons. The van der Waals surface area contributed by atoms with E-state index in [1.54, 1.807) is 0 Å². The zero-order valence-electron chi connectivity index (χ0n) is 42.8. The van der Waals surface area contributed by atoms with Crippen molar-refractivity contribution in [3.05, 3.63) is 187 Å². The molecular weight excluding hydrogens is 920 g/mol. The molecule has 2 aliphatic rings. The van der Waals surface area contributed by atoms with E-state index in [9.17, 15) is 0 Å². The first kappa shape index (κ1) is 43.8. The summed E-state index contributed by atoms with van der Waals surface area (Å²) < 4.78 is 19.1. The molecule has 0 spiro atoms. The lowest BCUT2D eigenvalue weighted by Crippen LogP contribution is -2.37. The van der Waals surface area contributed by atoms with Crippen molar-refractivity contribution in [1.29, 1.82) is 0 Å². The van der Waals surface area contributed by atoms with Crippen LogP contribution in [0.5, 0.6) is 0 Å². The molecule has 4 nitrogen and oxygen atoms in total. The Labute approximate surface area is 435 Å². The van der Waals surface area contributed by atoms with Crippen LogP contribution < -0.4 is 16.2 Å². The molecule has 9 aromatic carbocycles. The number of rotatable bonds is 5. The molecule has 0 saturated heterocycles. The Morgan fingerprint density at radius 2 is 1.23 bits per heavy atom. The van der Waals surface area contributed by atoms with Gasteiger partial charge in [-0.25, -0.2) is 0 Å². The second kappa shape index (κ2) is 15.4. The summed E-state index contributed by atoms with van der Waals surface area (Å²) in [5.41, 5.74) is 20.5. The first-order valence-corrected chi connectivity index (χ1v) is 27.0. The van der Waals surface area contributed by atoms with E-state index in [2.05, 4.69) is 235 Å². The van der Waals surface area contributed by atoms with E-state index in [4.69, 9.17) is 8.83 Å². The van der Waals surface area contributed by atoms with Crippen LogP contribution >= 0.6 is 11.3 Å². The van der Waals surface area contributed by atoms with Gasteiger partial charge in [-0.15, -0.1) is 11.3 Å². The summed E-state index contributed by atoms with van der Waals surface area (Å²) in [5.74, 6) is 0.881. The molecule has 0 atom stereocenters. The zero-order chi connectivity index (χ0) is 50.0. The maximum atomic E-state index is 7.14. The van der Waals surface area contributed by atoms with Crippen LogP contribution in [-0.2, 0) is 16.2 Å². The van der Waals surface area contributed by atoms with Gasteiger partial charge in [-0.1, -0.05) is 163 Å². The van der Waals surface area contributed by atoms with Crippen molar-refractivity contribution in [2.45, 2.75) is 77.6 Å². The SMILES string of the molecule is CC(C)(C)c1ccc(Nc2cc3oc4ccccc4c3cc2-c2c3c4c(c5cc6c(cc5n4-c4cc5c(-c7ccccc7)c(-c7ccccc7)oc5cc4[B]3)C(C)(C)CCC6(C)C)c3sc4ccccc4c23)cc1. The molecule has 0 unspecified atom stereocenters. The molecule has 6 heteroatoms. The number of hydrogen-bond acceptors (Lipinski definition) is 4. The van der Waals surface area contributed by atoms with E-state index in [0.29, 0.717) is 0 Å². The van der Waals surface area contributed by atoms with E-state index >= 15 is 0 Å². The zero-order valence-corrected chi connectivity index (χ0v) is 43.6. The fourth-order valence-corrected chi connectivity index (χ4v) is 14.1. The Morgan fingerprint density at radius 1 is 0.568 bits per heavy atom. The van der Waals surface area contributed by atoms with E-state index < -0.39 is 0 Å². The predicted octanol–water partition coefficient (Wildman–Crippen LogP) is 18.2. The molecule has 0 fully saturated rings. The van der Waals surface area contributed by atoms with Crippen molar-refractivity contribution in [1.82, 2.24) is 4.57 Å². The molecule has 1 radical (unpaired) electrons. The number of anilines is 2. The first-order valence-electron chi connectivity index (χ1n) is 26.2. The summed E-state index contributed by atoms with van der Waals surface area (Å²) in [6.07, 6.45) is 2.28. The molecule has 74 heavy (non-hydrogen) atoms. The summed E-state index contributed by atoms with van der Waals surface area (Å²) in [6.45, 7) is 16.6. The quantitative estimate of drug-likeness (QED) is 0.175. The summed E-state index contributed by atoms with van der Waals surface area (Å²) in [4.78, 5) is 0. The van der Waals surface area contributed by atoms with Gasteiger partial charge in [-0.05, 0) is 117 Å². The average molecular weight is 974 g/mol. The van der Waals surface area contributed by atoms with Gasteiger partial charge in [0.1, 0.15) is 22.5 Å². The lowest BCUT2D eigenvalue weighted by Gasteiger charge is -2.42. The Hall–Kier alpha value is -7.80. The van der Waals surface area contributed by atoms with Gasteiger partial charge in [0, 0.05) is 81.2 Å². The van der Waals surface area contributed by atoms with Crippen molar-refractivity contribution < 1.29 is 8.83 Å². The summed E-state index contributed by atoms with van der Waals surface area (Å²) in [7, 11) is 2.48. The number of thiophene rings is 1. The van der Waals surface area contributed by atoms with Crippen LogP contribution in [0.2, 0.25) is 0 Å². The standard InChI is InChI=1S/C68H54BN2O2S/c1-66(2,3)40-26-28-41(29-27-40)70-51-37-56-44(42-22-14-16-24-54(42)72-56)32-45(51)59-60-43-23-15-17-25-57(43)74-65(60)61-46-33-48-49(68(6,7)31-30-67(48,4)5)35-52(46)71-53-34-47-55(36-50(53)69-62(59)63(61)71)73-64(39-20-12-9-13-21-39)58(47)38-18-10-8-11-19-38/h8-29,32-37,70H,30-31H2,1-7H3. The molecule has 4 aromatic heterocycles. The smallest absolute Gasteiger partial charge is 0.198 e.